The molecule has 2 rings (SSSR count). The zero-order valence-electron chi connectivity index (χ0n) is 11.6. The van der Waals surface area contributed by atoms with E-state index in [9.17, 15) is 5.11 Å². The summed E-state index contributed by atoms with van der Waals surface area (Å²) in [5.41, 5.74) is 3.91. The van der Waals surface area contributed by atoms with Crippen LogP contribution in [0.5, 0.6) is 0 Å². The highest BCUT2D eigenvalue weighted by Crippen LogP contribution is 2.25. The zero-order valence-corrected chi connectivity index (χ0v) is 11.6. The van der Waals surface area contributed by atoms with E-state index in [1.165, 1.54) is 16.8 Å². The van der Waals surface area contributed by atoms with Crippen molar-refractivity contribution < 1.29 is 5.11 Å². The number of nitrogens with one attached hydrogen (secondary N) is 1. The molecule has 1 aliphatic heterocycles. The van der Waals surface area contributed by atoms with Crippen molar-refractivity contribution in [3.05, 3.63) is 29.3 Å². The zero-order chi connectivity index (χ0) is 13.1. The van der Waals surface area contributed by atoms with Crippen LogP contribution in [0.4, 0.5) is 5.69 Å². The molecule has 0 amide bonds. The van der Waals surface area contributed by atoms with Gasteiger partial charge in [0.1, 0.15) is 0 Å². The van der Waals surface area contributed by atoms with Gasteiger partial charge in [-0.25, -0.2) is 0 Å². The van der Waals surface area contributed by atoms with Crippen molar-refractivity contribution >= 4 is 5.69 Å². The fourth-order valence-corrected chi connectivity index (χ4v) is 2.62. The third-order valence-electron chi connectivity index (χ3n) is 3.84. The SMILES string of the molecule is Cc1ccc(C)c(N2CC(CO)NCCC2C)c1. The normalized spacial score (nSPS) is 25.0. The molecule has 1 saturated heterocycles. The molecule has 0 bridgehead atoms. The van der Waals surface area contributed by atoms with Crippen molar-refractivity contribution in [2.75, 3.05) is 24.6 Å². The molecule has 2 unspecified atom stereocenters. The smallest absolute Gasteiger partial charge is 0.0601 e. The number of anilines is 1. The van der Waals surface area contributed by atoms with Gasteiger partial charge in [0.05, 0.1) is 6.61 Å². The molecular weight excluding hydrogens is 224 g/mol. The summed E-state index contributed by atoms with van der Waals surface area (Å²) in [7, 11) is 0. The molecule has 0 aromatic heterocycles. The molecule has 1 aliphatic rings. The monoisotopic (exact) mass is 248 g/mol. The second-order valence-electron chi connectivity index (χ2n) is 5.41. The summed E-state index contributed by atoms with van der Waals surface area (Å²) in [5.74, 6) is 0. The standard InChI is InChI=1S/C15H24N2O/c1-11-4-5-12(2)15(8-11)17-9-14(10-18)16-7-6-13(17)3/h4-5,8,13-14,16,18H,6-7,9-10H2,1-3H3. The number of rotatable bonds is 2. The predicted molar refractivity (Wildman–Crippen MR) is 76.2 cm³/mol. The van der Waals surface area contributed by atoms with Gasteiger partial charge in [-0.2, -0.15) is 0 Å². The van der Waals surface area contributed by atoms with E-state index < -0.39 is 0 Å². The minimum Gasteiger partial charge on any atom is -0.395 e. The highest BCUT2D eigenvalue weighted by molar-refractivity contribution is 5.56. The topological polar surface area (TPSA) is 35.5 Å². The van der Waals surface area contributed by atoms with Crippen LogP contribution in [-0.2, 0) is 0 Å². The Morgan fingerprint density at radius 3 is 2.89 bits per heavy atom. The summed E-state index contributed by atoms with van der Waals surface area (Å²) >= 11 is 0. The van der Waals surface area contributed by atoms with Crippen molar-refractivity contribution in [1.29, 1.82) is 0 Å². The number of hydrogen-bond donors (Lipinski definition) is 2. The van der Waals surface area contributed by atoms with Gasteiger partial charge in [-0.05, 0) is 50.9 Å². The Labute approximate surface area is 110 Å². The fourth-order valence-electron chi connectivity index (χ4n) is 2.62. The molecule has 1 heterocycles. The van der Waals surface area contributed by atoms with E-state index in [0.29, 0.717) is 6.04 Å². The van der Waals surface area contributed by atoms with Crippen LogP contribution in [0.25, 0.3) is 0 Å². The molecule has 0 aliphatic carbocycles. The van der Waals surface area contributed by atoms with Gasteiger partial charge in [-0.1, -0.05) is 12.1 Å². The first-order valence-electron chi connectivity index (χ1n) is 6.80. The summed E-state index contributed by atoms with van der Waals surface area (Å²) in [4.78, 5) is 2.43. The number of hydrogen-bond acceptors (Lipinski definition) is 3. The van der Waals surface area contributed by atoms with Crippen LogP contribution in [0.3, 0.4) is 0 Å². The Hall–Kier alpha value is -1.06. The molecule has 2 N–H and O–H groups in total. The second kappa shape index (κ2) is 5.72. The summed E-state index contributed by atoms with van der Waals surface area (Å²) in [6, 6.07) is 7.28. The van der Waals surface area contributed by atoms with Gasteiger partial charge >= 0.3 is 0 Å². The van der Waals surface area contributed by atoms with Gasteiger partial charge in [0.2, 0.25) is 0 Å². The van der Waals surface area contributed by atoms with Gasteiger partial charge < -0.3 is 15.3 Å². The average Bonchev–Trinajstić information content (AvgIpc) is 2.54. The van der Waals surface area contributed by atoms with E-state index in [1.807, 2.05) is 0 Å². The molecule has 100 valence electrons. The molecule has 0 spiro atoms. The Morgan fingerprint density at radius 1 is 1.39 bits per heavy atom. The Kier molecular flexibility index (Phi) is 4.25. The van der Waals surface area contributed by atoms with Gasteiger partial charge in [0.25, 0.3) is 0 Å². The molecule has 18 heavy (non-hydrogen) atoms. The summed E-state index contributed by atoms with van der Waals surface area (Å²) < 4.78 is 0. The summed E-state index contributed by atoms with van der Waals surface area (Å²) in [5, 5.41) is 12.8. The lowest BCUT2D eigenvalue weighted by Crippen LogP contribution is -2.42. The third kappa shape index (κ3) is 2.85. The molecule has 2 atom stereocenters. The van der Waals surface area contributed by atoms with Crippen molar-refractivity contribution in [3.8, 4) is 0 Å². The molecule has 1 fully saturated rings. The minimum absolute atomic E-state index is 0.176. The van der Waals surface area contributed by atoms with Crippen molar-refractivity contribution in [3.63, 3.8) is 0 Å². The van der Waals surface area contributed by atoms with E-state index in [2.05, 4.69) is 49.2 Å². The maximum atomic E-state index is 9.40. The minimum atomic E-state index is 0.176. The Balaban J connectivity index is 2.30. The Bertz CT molecular complexity index is 405. The molecule has 1 aromatic rings. The van der Waals surface area contributed by atoms with Gasteiger partial charge in [-0.15, -0.1) is 0 Å². The number of benzene rings is 1. The number of nitrogens with zero attached hydrogens (tertiary/aromatic N) is 1. The van der Waals surface area contributed by atoms with Crippen molar-refractivity contribution in [2.24, 2.45) is 0 Å². The molecular formula is C15H24N2O. The van der Waals surface area contributed by atoms with Crippen LogP contribution >= 0.6 is 0 Å². The number of aliphatic hydroxyl groups excluding tert-OH is 1. The quantitative estimate of drug-likeness (QED) is 0.838. The van der Waals surface area contributed by atoms with E-state index in [4.69, 9.17) is 0 Å². The van der Waals surface area contributed by atoms with Gasteiger partial charge in [0, 0.05) is 24.3 Å². The molecule has 0 saturated carbocycles. The molecule has 3 heteroatoms. The van der Waals surface area contributed by atoms with Crippen LogP contribution < -0.4 is 10.2 Å². The predicted octanol–water partition coefficient (Wildman–Crippen LogP) is 1.85. The van der Waals surface area contributed by atoms with Gasteiger partial charge in [-0.3, -0.25) is 0 Å². The maximum Gasteiger partial charge on any atom is 0.0601 e. The second-order valence-corrected chi connectivity index (χ2v) is 5.41. The van der Waals surface area contributed by atoms with Crippen LogP contribution in [0.15, 0.2) is 18.2 Å². The van der Waals surface area contributed by atoms with Crippen LogP contribution in [0, 0.1) is 13.8 Å². The van der Waals surface area contributed by atoms with E-state index in [-0.39, 0.29) is 12.6 Å². The van der Waals surface area contributed by atoms with Crippen LogP contribution in [0.2, 0.25) is 0 Å². The highest BCUT2D eigenvalue weighted by atomic mass is 16.3. The number of aryl methyl sites for hydroxylation is 2. The van der Waals surface area contributed by atoms with Crippen molar-refractivity contribution in [1.82, 2.24) is 5.32 Å². The van der Waals surface area contributed by atoms with Crippen LogP contribution in [0.1, 0.15) is 24.5 Å². The first-order chi connectivity index (χ1) is 8.61. The Morgan fingerprint density at radius 2 is 2.17 bits per heavy atom. The maximum absolute atomic E-state index is 9.40. The van der Waals surface area contributed by atoms with Gasteiger partial charge in [0.15, 0.2) is 0 Å². The number of aliphatic hydroxyl groups is 1. The highest BCUT2D eigenvalue weighted by Gasteiger charge is 2.23. The first kappa shape index (κ1) is 13.4. The molecule has 1 aromatic carbocycles. The van der Waals surface area contributed by atoms with E-state index in [0.717, 1.165) is 19.5 Å². The average molecular weight is 248 g/mol. The summed E-state index contributed by atoms with van der Waals surface area (Å²) in [6.45, 7) is 8.62. The first-order valence-corrected chi connectivity index (χ1v) is 6.80. The van der Waals surface area contributed by atoms with E-state index in [1.54, 1.807) is 0 Å². The molecule has 0 radical (unpaired) electrons. The van der Waals surface area contributed by atoms with Crippen LogP contribution in [-0.4, -0.2) is 36.9 Å². The van der Waals surface area contributed by atoms with E-state index >= 15 is 0 Å². The lowest BCUT2D eigenvalue weighted by molar-refractivity contribution is 0.248. The largest absolute Gasteiger partial charge is 0.395 e. The lowest BCUT2D eigenvalue weighted by atomic mass is 10.1. The lowest BCUT2D eigenvalue weighted by Gasteiger charge is -2.32. The molecule has 3 nitrogen and oxygen atoms in total. The summed E-state index contributed by atoms with van der Waals surface area (Å²) in [6.07, 6.45) is 1.11. The fraction of sp³-hybridized carbons (Fsp3) is 0.600. The van der Waals surface area contributed by atoms with Crippen molar-refractivity contribution in [2.45, 2.75) is 39.3 Å². The third-order valence-corrected chi connectivity index (χ3v) is 3.84.